The summed E-state index contributed by atoms with van der Waals surface area (Å²) in [7, 11) is -5.92. The van der Waals surface area contributed by atoms with Crippen molar-refractivity contribution in [3.8, 4) is 11.8 Å². The number of fused-ring (bicyclic) bond motifs is 3. The molecule has 3 fully saturated rings. The number of carbonyl (C=O) groups excluding carboxylic acids is 9. The van der Waals surface area contributed by atoms with Crippen LogP contribution < -0.4 is 27.0 Å². The van der Waals surface area contributed by atoms with E-state index in [0.717, 1.165) is 23.8 Å². The molecule has 0 saturated carbocycles. The topological polar surface area (TPSA) is 311 Å². The molecule has 6 atom stereocenters. The SMILES string of the molecule is C[C@@H](NC(=O)[C@H](CCC(N)=O)NC(=O)[C@@H]1CC[C@@H]2CCN(C(=O)CCCCCC#Cc3cccc4c3CN(C3CCC(=O)NC3=O)C4=O)C[C@H](NC(=O)c3cc4cc(C(F)(F)P(=O)(O)O)ccc4[nH]3)C(=O)N21)c1ccccc1. The number of benzene rings is 3. The number of primary amides is 1. The van der Waals surface area contributed by atoms with Crippen LogP contribution in [0.1, 0.15) is 133 Å². The summed E-state index contributed by atoms with van der Waals surface area (Å²) < 4.78 is 41.0. The predicted octanol–water partition coefficient (Wildman–Crippen LogP) is 3.48. The van der Waals surface area contributed by atoms with Crippen molar-refractivity contribution in [3.05, 3.63) is 106 Å². The summed E-state index contributed by atoms with van der Waals surface area (Å²) in [6.07, 6.45) is 2.93. The van der Waals surface area contributed by atoms with E-state index < -0.39 is 90.5 Å². The van der Waals surface area contributed by atoms with Gasteiger partial charge in [-0.25, -0.2) is 0 Å². The van der Waals surface area contributed by atoms with Crippen LogP contribution in [0.25, 0.3) is 10.9 Å². The molecule has 1 unspecified atom stereocenters. The molecular weight excluding hydrogens is 1040 g/mol. The van der Waals surface area contributed by atoms with Gasteiger partial charge in [0, 0.05) is 79.0 Å². The van der Waals surface area contributed by atoms with Gasteiger partial charge in [-0.3, -0.25) is 53.0 Å². The Morgan fingerprint density at radius 1 is 0.910 bits per heavy atom. The molecule has 4 aromatic rings. The van der Waals surface area contributed by atoms with E-state index in [-0.39, 0.29) is 98.9 Å². The fourth-order valence-electron chi connectivity index (χ4n) is 10.5. The highest BCUT2D eigenvalue weighted by Crippen LogP contribution is 2.59. The van der Waals surface area contributed by atoms with Crippen molar-refractivity contribution in [1.82, 2.24) is 41.0 Å². The van der Waals surface area contributed by atoms with Gasteiger partial charge in [0.25, 0.3) is 11.8 Å². The van der Waals surface area contributed by atoms with E-state index in [2.05, 4.69) is 38.1 Å². The predicted molar refractivity (Wildman–Crippen MR) is 276 cm³/mol. The number of alkyl halides is 2. The molecule has 9 N–H and O–H groups in total. The van der Waals surface area contributed by atoms with Crippen molar-refractivity contribution in [3.63, 3.8) is 0 Å². The van der Waals surface area contributed by atoms with E-state index in [0.29, 0.717) is 48.8 Å². The van der Waals surface area contributed by atoms with Crippen molar-refractivity contribution in [2.24, 2.45) is 5.73 Å². The molecule has 5 heterocycles. The van der Waals surface area contributed by atoms with Crippen molar-refractivity contribution in [1.29, 1.82) is 0 Å². The second-order valence-corrected chi connectivity index (χ2v) is 21.7. The molecule has 0 spiro atoms. The molecule has 21 nitrogen and oxygen atoms in total. The number of rotatable bonds is 18. The minimum absolute atomic E-state index is 0.000388. The zero-order valence-corrected chi connectivity index (χ0v) is 43.5. The molecule has 8 rings (SSSR count). The molecule has 3 saturated heterocycles. The van der Waals surface area contributed by atoms with Crippen LogP contribution in [-0.2, 0) is 50.3 Å². The zero-order valence-electron chi connectivity index (χ0n) is 42.6. The van der Waals surface area contributed by atoms with E-state index in [1.165, 1.54) is 20.8 Å². The van der Waals surface area contributed by atoms with Gasteiger partial charge in [0.05, 0.1) is 6.04 Å². The Labute approximate surface area is 446 Å². The molecule has 4 aliphatic rings. The molecule has 78 heavy (non-hydrogen) atoms. The van der Waals surface area contributed by atoms with Crippen molar-refractivity contribution < 1.29 is 66.3 Å². The summed E-state index contributed by atoms with van der Waals surface area (Å²) in [4.78, 5) is 146. The summed E-state index contributed by atoms with van der Waals surface area (Å²) in [5, 5.41) is 10.6. The Morgan fingerprint density at radius 2 is 1.68 bits per heavy atom. The van der Waals surface area contributed by atoms with E-state index in [1.54, 1.807) is 37.3 Å². The number of hydrogen-bond donors (Lipinski definition) is 8. The number of aromatic amines is 1. The quantitative estimate of drug-likeness (QED) is 0.0308. The minimum Gasteiger partial charge on any atom is -0.370 e. The van der Waals surface area contributed by atoms with E-state index >= 15 is 0 Å². The number of unbranched alkanes of at least 4 members (excludes halogenated alkanes) is 3. The molecule has 0 aliphatic carbocycles. The van der Waals surface area contributed by atoms with Crippen LogP contribution in [0, 0.1) is 11.8 Å². The molecule has 4 aliphatic heterocycles. The third kappa shape index (κ3) is 12.6. The van der Waals surface area contributed by atoms with Gasteiger partial charge >= 0.3 is 13.3 Å². The van der Waals surface area contributed by atoms with Crippen LogP contribution in [0.2, 0.25) is 0 Å². The lowest BCUT2D eigenvalue weighted by Crippen LogP contribution is -2.62. The number of carbonyl (C=O) groups is 9. The largest absolute Gasteiger partial charge is 0.399 e. The number of nitrogens with one attached hydrogen (secondary N) is 5. The van der Waals surface area contributed by atoms with Crippen LogP contribution in [0.3, 0.4) is 0 Å². The number of piperidine rings is 1. The third-order valence-corrected chi connectivity index (χ3v) is 15.7. The van der Waals surface area contributed by atoms with Crippen molar-refractivity contribution >= 4 is 71.7 Å². The fourth-order valence-corrected chi connectivity index (χ4v) is 10.9. The summed E-state index contributed by atoms with van der Waals surface area (Å²) in [5.74, 6) is 1.20. The molecule has 0 radical (unpaired) electrons. The van der Waals surface area contributed by atoms with Gasteiger partial charge in [0.1, 0.15) is 29.9 Å². The van der Waals surface area contributed by atoms with Gasteiger partial charge < -0.3 is 51.2 Å². The molecule has 1 aromatic heterocycles. The summed E-state index contributed by atoms with van der Waals surface area (Å²) >= 11 is 0. The van der Waals surface area contributed by atoms with Crippen LogP contribution in [-0.4, -0.2) is 126 Å². The van der Waals surface area contributed by atoms with Gasteiger partial charge in [-0.1, -0.05) is 60.7 Å². The normalized spacial score (nSPS) is 20.3. The highest BCUT2D eigenvalue weighted by molar-refractivity contribution is 7.52. The average molecular weight is 1100 g/mol. The van der Waals surface area contributed by atoms with Gasteiger partial charge in [0.2, 0.25) is 41.4 Å². The summed E-state index contributed by atoms with van der Waals surface area (Å²) in [6, 6.07) is 12.5. The maximum Gasteiger partial charge on any atom is 0.399 e. The van der Waals surface area contributed by atoms with Crippen molar-refractivity contribution in [2.45, 2.75) is 132 Å². The van der Waals surface area contributed by atoms with Gasteiger partial charge in [-0.2, -0.15) is 8.78 Å². The van der Waals surface area contributed by atoms with Crippen LogP contribution in [0.5, 0.6) is 0 Å². The number of amides is 9. The minimum atomic E-state index is -5.92. The first-order chi connectivity index (χ1) is 37.1. The summed E-state index contributed by atoms with van der Waals surface area (Å²) in [5.41, 5.74) is 2.44. The second-order valence-electron chi connectivity index (χ2n) is 20.0. The number of H-pyrrole nitrogens is 1. The van der Waals surface area contributed by atoms with Gasteiger partial charge in [-0.15, -0.1) is 0 Å². The first-order valence-corrected chi connectivity index (χ1v) is 27.4. The Morgan fingerprint density at radius 3 is 2.41 bits per heavy atom. The lowest BCUT2D eigenvalue weighted by Gasteiger charge is -2.39. The van der Waals surface area contributed by atoms with Crippen molar-refractivity contribution in [2.75, 3.05) is 13.1 Å². The van der Waals surface area contributed by atoms with Crippen LogP contribution in [0.4, 0.5) is 8.78 Å². The molecule has 412 valence electrons. The number of nitrogens with zero attached hydrogens (tertiary/aromatic N) is 3. The summed E-state index contributed by atoms with van der Waals surface area (Å²) in [6.45, 7) is 1.75. The van der Waals surface area contributed by atoms with E-state index in [4.69, 9.17) is 5.73 Å². The lowest BCUT2D eigenvalue weighted by atomic mass is 10.0. The molecule has 3 aromatic carbocycles. The third-order valence-electron chi connectivity index (χ3n) is 14.7. The van der Waals surface area contributed by atoms with Gasteiger partial charge in [0.15, 0.2) is 0 Å². The zero-order chi connectivity index (χ0) is 56.1. The Hall–Kier alpha value is -7.80. The standard InChI is InChI=1S/C54H60F2N9O12P/c1-31(32-11-7-5-8-12-32)58-48(69)40(20-23-45(57)66)60-51(72)44-21-18-36-25-26-63(30-42(53(74)65(36)44)61-49(70)41-28-34-27-35(17-19-39(34)59-41)54(55,56)78(75,76)77)47(68)16-9-4-2-3-6-13-33-14-10-15-37-38(33)29-64(52(37)73)43-22-24-46(67)62-50(43)71/h5,7-8,10-12,14-15,17,19,27-28,31,36,40,42-44,59H,2-4,9,16,18,20-26,29-30H2,1H3,(H2,57,66)(H,58,69)(H,60,72)(H,61,70)(H,62,67,71)(H2,75,76,77)/t31-,36-,40+,42+,43?,44+/m1/s1. The Bertz CT molecular complexity index is 3160. The second kappa shape index (κ2) is 23.8. The fraction of sp³-hybridized carbons (Fsp3) is 0.426. The smallest absolute Gasteiger partial charge is 0.370 e. The van der Waals surface area contributed by atoms with E-state index in [1.807, 2.05) is 18.2 Å². The first kappa shape index (κ1) is 56.4. The maximum atomic E-state index is 14.9. The lowest BCUT2D eigenvalue weighted by molar-refractivity contribution is -0.145. The average Bonchev–Trinajstić information content (AvgIpc) is 4.22. The van der Waals surface area contributed by atoms with Crippen LogP contribution in [0.15, 0.2) is 72.8 Å². The number of nitrogens with two attached hydrogens (primary N) is 1. The molecule has 24 heteroatoms. The Balaban J connectivity index is 0.944. The van der Waals surface area contributed by atoms with Crippen LogP contribution >= 0.6 is 7.60 Å². The first-order valence-electron chi connectivity index (χ1n) is 25.8. The number of halogens is 2. The van der Waals surface area contributed by atoms with E-state index in [9.17, 15) is 66.3 Å². The molecular formula is C54H60F2N9O12P. The molecule has 9 amide bonds. The van der Waals surface area contributed by atoms with Gasteiger partial charge in [-0.05, 0) is 93.3 Å². The maximum absolute atomic E-state index is 14.9. The number of hydrogen-bond acceptors (Lipinski definition) is 10. The molecule has 0 bridgehead atoms. The number of aromatic nitrogens is 1. The Kier molecular flexibility index (Phi) is 17.2. The number of imide groups is 1. The highest BCUT2D eigenvalue weighted by atomic mass is 31.2. The monoisotopic (exact) mass is 1100 g/mol. The highest BCUT2D eigenvalue weighted by Gasteiger charge is 2.51.